The van der Waals surface area contributed by atoms with E-state index in [1.54, 1.807) is 13.2 Å². The molecule has 1 spiro atoms. The summed E-state index contributed by atoms with van der Waals surface area (Å²) in [6.45, 7) is 7.15. The number of nitrogens with zero attached hydrogens (tertiary/aromatic N) is 3. The van der Waals surface area contributed by atoms with E-state index in [1.807, 2.05) is 50.3 Å². The van der Waals surface area contributed by atoms with Gasteiger partial charge in [0.25, 0.3) is 0 Å². The normalized spacial score (nSPS) is 38.4. The molecule has 18 heteroatoms. The fourth-order valence-corrected chi connectivity index (χ4v) is 13.6. The highest BCUT2D eigenvalue weighted by atomic mass is 32.3. The van der Waals surface area contributed by atoms with Gasteiger partial charge in [0.15, 0.2) is 0 Å². The van der Waals surface area contributed by atoms with Crippen LogP contribution in [-0.4, -0.2) is 153 Å². The van der Waals surface area contributed by atoms with Crippen molar-refractivity contribution < 1.29 is 61.1 Å². The van der Waals surface area contributed by atoms with Crippen LogP contribution in [0.5, 0.6) is 5.75 Å². The minimum Gasteiger partial charge on any atom is -0.496 e. The standard InChI is InChI=1S/C44H56N4O9.CH4O4S/c1-6-40(53)21-26-22-43(38(51)56-4,34-28(13-17-46(23-26)24-40)27-11-8-9-12-31(27)45-34)30-19-29-32(20-33(30)55-3)48(25-49)36-42(29)15-18-47-16-10-14-41(7-2,35(42)47)37(50)44(36,54)39(52)57-5;1-5-6(2,3)4/h8-12,14,19-20,25-26,28,34-37,45,50,53-54H,6-7,13,15-18,21-24H2,1-5H3;1H3,(H,2,3,4)/t26?,28?,34?,35-,36-,37-,40+,41+,42?,43+,44?;/m1./s1. The number of rotatable bonds is 8. The van der Waals surface area contributed by atoms with Gasteiger partial charge in [-0.25, -0.2) is 4.79 Å². The van der Waals surface area contributed by atoms with Gasteiger partial charge in [-0.05, 0) is 80.8 Å². The van der Waals surface area contributed by atoms with Gasteiger partial charge in [0.1, 0.15) is 17.3 Å². The summed E-state index contributed by atoms with van der Waals surface area (Å²) in [7, 11) is 0.857. The Bertz CT molecular complexity index is 2300. The molecule has 7 aliphatic rings. The Morgan fingerprint density at radius 2 is 1.68 bits per heavy atom. The van der Waals surface area contributed by atoms with Gasteiger partial charge in [-0.15, -0.1) is 0 Å². The van der Waals surface area contributed by atoms with E-state index >= 15 is 4.79 Å². The summed E-state index contributed by atoms with van der Waals surface area (Å²) >= 11 is 0. The second kappa shape index (κ2) is 16.1. The van der Waals surface area contributed by atoms with E-state index in [4.69, 9.17) is 18.8 Å². The summed E-state index contributed by atoms with van der Waals surface area (Å²) < 4.78 is 47.2. The molecule has 2 bridgehead atoms. The summed E-state index contributed by atoms with van der Waals surface area (Å²) in [6.07, 6.45) is 5.97. The van der Waals surface area contributed by atoms with Crippen LogP contribution < -0.4 is 15.0 Å². The van der Waals surface area contributed by atoms with Gasteiger partial charge in [0, 0.05) is 59.7 Å². The molecule has 1 amide bonds. The molecule has 0 aromatic heterocycles. The van der Waals surface area contributed by atoms with Crippen molar-refractivity contribution >= 4 is 40.1 Å². The summed E-state index contributed by atoms with van der Waals surface area (Å²) in [6, 6.07) is 9.84. The third kappa shape index (κ3) is 6.48. The summed E-state index contributed by atoms with van der Waals surface area (Å²) in [4.78, 5) is 48.9. The van der Waals surface area contributed by atoms with E-state index in [0.717, 1.165) is 31.3 Å². The van der Waals surface area contributed by atoms with Gasteiger partial charge >= 0.3 is 22.3 Å². The largest absolute Gasteiger partial charge is 0.496 e. The number of ether oxygens (including phenoxy) is 3. The number of fused-ring (bicyclic) bond motifs is 6. The zero-order valence-electron chi connectivity index (χ0n) is 36.7. The lowest BCUT2D eigenvalue weighted by Gasteiger charge is -2.62. The first-order valence-electron chi connectivity index (χ1n) is 21.7. The van der Waals surface area contributed by atoms with Crippen LogP contribution in [0.2, 0.25) is 0 Å². The topological polar surface area (TPSA) is 225 Å². The number of aliphatic hydroxyl groups is 3. The molecule has 2 aromatic carbocycles. The lowest BCUT2D eigenvalue weighted by atomic mass is 9.47. The first kappa shape index (κ1) is 45.4. The Kier molecular flexibility index (Phi) is 11.6. The van der Waals surface area contributed by atoms with Crippen LogP contribution in [0.15, 0.2) is 48.6 Å². The Balaban J connectivity index is 0.000000849. The van der Waals surface area contributed by atoms with Gasteiger partial charge in [0.05, 0.1) is 51.8 Å². The number of esters is 2. The van der Waals surface area contributed by atoms with Gasteiger partial charge in [-0.2, -0.15) is 8.42 Å². The molecule has 17 nitrogen and oxygen atoms in total. The molecule has 5 N–H and O–H groups in total. The Labute approximate surface area is 368 Å². The van der Waals surface area contributed by atoms with Crippen molar-refractivity contribution in [1.82, 2.24) is 9.80 Å². The van der Waals surface area contributed by atoms with Crippen molar-refractivity contribution in [2.24, 2.45) is 11.3 Å². The minimum atomic E-state index is -4.16. The monoisotopic (exact) mass is 896 g/mol. The second-order valence-corrected chi connectivity index (χ2v) is 19.7. The Hall–Kier alpha value is -4.14. The highest BCUT2D eigenvalue weighted by molar-refractivity contribution is 7.80. The maximum atomic E-state index is 15.3. The number of benzene rings is 2. The van der Waals surface area contributed by atoms with Crippen molar-refractivity contribution in [2.75, 3.05) is 71.4 Å². The predicted molar refractivity (Wildman–Crippen MR) is 230 cm³/mol. The van der Waals surface area contributed by atoms with Crippen molar-refractivity contribution in [3.63, 3.8) is 0 Å². The lowest BCUT2D eigenvalue weighted by molar-refractivity contribution is -0.218. The van der Waals surface area contributed by atoms with Crippen LogP contribution in [0.4, 0.5) is 11.4 Å². The van der Waals surface area contributed by atoms with E-state index in [9.17, 15) is 33.3 Å². The smallest absolute Gasteiger partial charge is 0.397 e. The number of aliphatic hydroxyl groups excluding tert-OH is 1. The highest BCUT2D eigenvalue weighted by Gasteiger charge is 2.80. The zero-order valence-corrected chi connectivity index (χ0v) is 37.5. The fourth-order valence-electron chi connectivity index (χ4n) is 13.6. The minimum absolute atomic E-state index is 0.102. The molecular formula is C45H60N4O13S. The van der Waals surface area contributed by atoms with Crippen LogP contribution in [0.1, 0.15) is 75.0 Å². The summed E-state index contributed by atoms with van der Waals surface area (Å²) in [5.41, 5.74) is -3.17. The first-order chi connectivity index (χ1) is 29.9. The van der Waals surface area contributed by atoms with E-state index in [2.05, 4.69) is 25.4 Å². The van der Waals surface area contributed by atoms with Gasteiger partial charge < -0.3 is 44.6 Å². The molecule has 0 radical (unpaired) electrons. The van der Waals surface area contributed by atoms with E-state index in [0.29, 0.717) is 87.3 Å². The van der Waals surface area contributed by atoms with Crippen molar-refractivity contribution in [2.45, 2.75) is 105 Å². The maximum Gasteiger partial charge on any atom is 0.397 e. The number of hydrogen-bond acceptors (Lipinski definition) is 15. The van der Waals surface area contributed by atoms with Gasteiger partial charge in [0.2, 0.25) is 12.0 Å². The number of hydrogen-bond donors (Lipinski definition) is 5. The molecule has 1 saturated carbocycles. The predicted octanol–water partition coefficient (Wildman–Crippen LogP) is 2.28. The number of carbonyl (C=O) groups excluding carboxylic acids is 3. The van der Waals surface area contributed by atoms with Crippen molar-refractivity contribution in [3.05, 3.63) is 65.2 Å². The SMILES string of the molecule is CC[C@]1(O)CC2CN(CCC3c4ccccc4NC3[C@@](C(=O)OC)(c3cc4c(cc3OC)N(C=O)[C@H]3C(O)(C(=O)OC)[C@H](O)[C@@]5(CC)C=CCN6CCC43[C@H]65)C2)C1.COS(=O)(=O)O. The number of nitrogens with one attached hydrogen (secondary N) is 1. The number of methoxy groups -OCH3 is 3. The molecule has 63 heavy (non-hydrogen) atoms. The van der Waals surface area contributed by atoms with E-state index in [1.165, 1.54) is 19.1 Å². The Morgan fingerprint density at radius 1 is 0.968 bits per heavy atom. The van der Waals surface area contributed by atoms with Gasteiger partial charge in [-0.1, -0.05) is 44.2 Å². The molecule has 2 aromatic rings. The van der Waals surface area contributed by atoms with Crippen LogP contribution in [0, 0.1) is 11.3 Å². The summed E-state index contributed by atoms with van der Waals surface area (Å²) in [5.74, 6) is -1.31. The molecule has 4 fully saturated rings. The molecule has 1 aliphatic carbocycles. The van der Waals surface area contributed by atoms with Crippen LogP contribution >= 0.6 is 0 Å². The third-order valence-electron chi connectivity index (χ3n) is 16.0. The summed E-state index contributed by atoms with van der Waals surface area (Å²) in [5, 5.41) is 41.1. The number of amides is 1. The molecular weight excluding hydrogens is 837 g/mol. The second-order valence-electron chi connectivity index (χ2n) is 18.5. The molecule has 9 rings (SSSR count). The fraction of sp³-hybridized carbons (Fsp3) is 0.622. The van der Waals surface area contributed by atoms with Gasteiger partial charge in [-0.3, -0.25) is 23.2 Å². The highest BCUT2D eigenvalue weighted by Crippen LogP contribution is 2.68. The zero-order chi connectivity index (χ0) is 45.5. The molecule has 6 aliphatic heterocycles. The molecule has 344 valence electrons. The average Bonchev–Trinajstić information content (AvgIpc) is 3.96. The quantitative estimate of drug-likeness (QED) is 0.111. The molecule has 12 atom stereocenters. The number of anilines is 2. The Morgan fingerprint density at radius 3 is 2.32 bits per heavy atom. The van der Waals surface area contributed by atoms with Crippen LogP contribution in [-0.2, 0) is 49.3 Å². The molecule has 6 unspecified atom stereocenters. The van der Waals surface area contributed by atoms with Crippen molar-refractivity contribution in [3.8, 4) is 5.75 Å². The number of carbonyl (C=O) groups is 3. The maximum absolute atomic E-state index is 15.3. The van der Waals surface area contributed by atoms with E-state index < -0.39 is 74.0 Å². The van der Waals surface area contributed by atoms with Crippen LogP contribution in [0.3, 0.4) is 0 Å². The van der Waals surface area contributed by atoms with Crippen LogP contribution in [0.25, 0.3) is 0 Å². The molecule has 3 saturated heterocycles. The van der Waals surface area contributed by atoms with Crippen molar-refractivity contribution in [1.29, 1.82) is 0 Å². The van der Waals surface area contributed by atoms with E-state index in [-0.39, 0.29) is 11.8 Å². The number of para-hydroxylation sites is 1. The third-order valence-corrected chi connectivity index (χ3v) is 16.4. The average molecular weight is 897 g/mol. The first-order valence-corrected chi connectivity index (χ1v) is 23.1. The lowest BCUT2D eigenvalue weighted by Crippen LogP contribution is -2.81. The molecule has 6 heterocycles. The number of piperidine rings is 1.